The molecule has 1 atom stereocenters. The second-order valence-corrected chi connectivity index (χ2v) is 7.48. The maximum atomic E-state index is 13.2. The molecule has 0 unspecified atom stereocenters. The highest BCUT2D eigenvalue weighted by Crippen LogP contribution is 2.33. The Balaban J connectivity index is 1.87. The van der Waals surface area contributed by atoms with E-state index in [4.69, 9.17) is 9.15 Å². The Hall–Kier alpha value is -2.93. The molecule has 1 aromatic heterocycles. The van der Waals surface area contributed by atoms with Gasteiger partial charge >= 0.3 is 0 Å². The summed E-state index contributed by atoms with van der Waals surface area (Å²) in [5.74, 6) is 0.344. The van der Waals surface area contributed by atoms with Crippen LogP contribution in [0.5, 0.6) is 0 Å². The second-order valence-electron chi connectivity index (χ2n) is 7.48. The molecule has 0 saturated heterocycles. The van der Waals surface area contributed by atoms with E-state index in [2.05, 4.69) is 31.1 Å². The molecule has 2 amide bonds. The van der Waals surface area contributed by atoms with E-state index < -0.39 is 0 Å². The summed E-state index contributed by atoms with van der Waals surface area (Å²) in [5, 5.41) is 6.12. The van der Waals surface area contributed by atoms with E-state index in [1.54, 1.807) is 26.4 Å². The lowest BCUT2D eigenvalue weighted by Gasteiger charge is -2.25. The number of benzene rings is 1. The fourth-order valence-corrected chi connectivity index (χ4v) is 3.49. The van der Waals surface area contributed by atoms with Gasteiger partial charge in [0.15, 0.2) is 0 Å². The van der Waals surface area contributed by atoms with Crippen molar-refractivity contribution in [3.05, 3.63) is 59.0 Å². The van der Waals surface area contributed by atoms with Crippen molar-refractivity contribution in [2.45, 2.75) is 39.7 Å². The topological polar surface area (TPSA) is 75.3 Å². The van der Waals surface area contributed by atoms with Gasteiger partial charge in [0.1, 0.15) is 18.3 Å². The van der Waals surface area contributed by atoms with Crippen LogP contribution in [0.3, 0.4) is 0 Å². The van der Waals surface area contributed by atoms with E-state index in [1.807, 2.05) is 12.1 Å². The van der Waals surface area contributed by atoms with Crippen LogP contribution in [0.2, 0.25) is 0 Å². The fourth-order valence-electron chi connectivity index (χ4n) is 3.49. The summed E-state index contributed by atoms with van der Waals surface area (Å²) in [7, 11) is 1.57. The number of rotatable bonds is 8. The summed E-state index contributed by atoms with van der Waals surface area (Å²) in [6.07, 6.45) is 2.48. The number of carbonyl (C=O) groups excluding carboxylic acids is 2. The van der Waals surface area contributed by atoms with E-state index in [0.29, 0.717) is 31.8 Å². The Bertz CT molecular complexity index is 921. The third kappa shape index (κ3) is 4.79. The van der Waals surface area contributed by atoms with E-state index in [-0.39, 0.29) is 24.4 Å². The summed E-state index contributed by atoms with van der Waals surface area (Å²) in [5.41, 5.74) is 4.21. The van der Waals surface area contributed by atoms with Crippen molar-refractivity contribution in [2.24, 2.45) is 5.10 Å². The third-order valence-corrected chi connectivity index (χ3v) is 5.42. The van der Waals surface area contributed by atoms with Crippen molar-refractivity contribution >= 4 is 17.5 Å². The minimum absolute atomic E-state index is 0.0447. The number of furan rings is 1. The van der Waals surface area contributed by atoms with Crippen LogP contribution in [0.25, 0.3) is 0 Å². The molecule has 3 rings (SSSR count). The highest BCUT2D eigenvalue weighted by Gasteiger charge is 2.35. The van der Waals surface area contributed by atoms with Crippen LogP contribution in [0, 0.1) is 13.8 Å². The molecule has 7 nitrogen and oxygen atoms in total. The van der Waals surface area contributed by atoms with Gasteiger partial charge in [-0.05, 0) is 48.7 Å². The van der Waals surface area contributed by atoms with Crippen molar-refractivity contribution in [3.8, 4) is 0 Å². The highest BCUT2D eigenvalue weighted by molar-refractivity contribution is 6.03. The molecule has 1 aliphatic rings. The summed E-state index contributed by atoms with van der Waals surface area (Å²) in [4.78, 5) is 27.0. The van der Waals surface area contributed by atoms with Gasteiger partial charge in [-0.1, -0.05) is 19.1 Å². The van der Waals surface area contributed by atoms with Crippen molar-refractivity contribution in [1.82, 2.24) is 9.91 Å². The molecule has 0 saturated carbocycles. The summed E-state index contributed by atoms with van der Waals surface area (Å²) in [6.45, 7) is 6.60. The molecular weight excluding hydrogens is 382 g/mol. The molecule has 1 aliphatic heterocycles. The quantitative estimate of drug-likeness (QED) is 0.667. The Labute approximate surface area is 177 Å². The van der Waals surface area contributed by atoms with E-state index in [9.17, 15) is 9.59 Å². The zero-order valence-corrected chi connectivity index (χ0v) is 18.1. The molecule has 160 valence electrons. The SMILES string of the molecule is CCC(=O)N(CCOC)CC(=O)N1N=C(c2ccc(C)c(C)c2)C[C@@H]1c1ccco1. The largest absolute Gasteiger partial charge is 0.467 e. The van der Waals surface area contributed by atoms with Crippen molar-refractivity contribution in [3.63, 3.8) is 0 Å². The van der Waals surface area contributed by atoms with E-state index in [0.717, 1.165) is 11.3 Å². The summed E-state index contributed by atoms with van der Waals surface area (Å²) in [6, 6.07) is 9.50. The number of carbonyl (C=O) groups is 2. The zero-order chi connectivity index (χ0) is 21.7. The number of amides is 2. The van der Waals surface area contributed by atoms with Crippen LogP contribution in [0.4, 0.5) is 0 Å². The molecule has 2 heterocycles. The van der Waals surface area contributed by atoms with Gasteiger partial charge in [0.05, 0.1) is 18.6 Å². The Morgan fingerprint density at radius 1 is 1.27 bits per heavy atom. The minimum atomic E-state index is -0.329. The van der Waals surface area contributed by atoms with Crippen LogP contribution >= 0.6 is 0 Å². The maximum Gasteiger partial charge on any atom is 0.262 e. The molecule has 0 radical (unpaired) electrons. The molecule has 30 heavy (non-hydrogen) atoms. The van der Waals surface area contributed by atoms with Crippen LogP contribution in [-0.4, -0.2) is 54.2 Å². The van der Waals surface area contributed by atoms with Gasteiger partial charge in [-0.15, -0.1) is 0 Å². The van der Waals surface area contributed by atoms with Gasteiger partial charge in [0, 0.05) is 26.5 Å². The average molecular weight is 412 g/mol. The first-order chi connectivity index (χ1) is 14.4. The zero-order valence-electron chi connectivity index (χ0n) is 18.1. The summed E-state index contributed by atoms with van der Waals surface area (Å²) >= 11 is 0. The van der Waals surface area contributed by atoms with Crippen LogP contribution in [0.15, 0.2) is 46.1 Å². The lowest BCUT2D eigenvalue weighted by Crippen LogP contribution is -2.42. The number of aryl methyl sites for hydroxylation is 2. The average Bonchev–Trinajstić information content (AvgIpc) is 3.42. The van der Waals surface area contributed by atoms with Crippen LogP contribution in [-0.2, 0) is 14.3 Å². The van der Waals surface area contributed by atoms with Crippen molar-refractivity contribution in [1.29, 1.82) is 0 Å². The molecular formula is C23H29N3O4. The van der Waals surface area contributed by atoms with Gasteiger partial charge in [-0.25, -0.2) is 5.01 Å². The Morgan fingerprint density at radius 3 is 2.70 bits per heavy atom. The first-order valence-corrected chi connectivity index (χ1v) is 10.2. The highest BCUT2D eigenvalue weighted by atomic mass is 16.5. The Morgan fingerprint density at radius 2 is 2.07 bits per heavy atom. The summed E-state index contributed by atoms with van der Waals surface area (Å²) < 4.78 is 10.7. The first-order valence-electron chi connectivity index (χ1n) is 10.2. The predicted molar refractivity (Wildman–Crippen MR) is 114 cm³/mol. The maximum absolute atomic E-state index is 13.2. The third-order valence-electron chi connectivity index (χ3n) is 5.42. The van der Waals surface area contributed by atoms with Gasteiger partial charge in [0.2, 0.25) is 5.91 Å². The lowest BCUT2D eigenvalue weighted by atomic mass is 9.99. The molecule has 0 bridgehead atoms. The molecule has 0 aliphatic carbocycles. The van der Waals surface area contributed by atoms with Gasteiger partial charge in [0.25, 0.3) is 5.91 Å². The number of hydrogen-bond donors (Lipinski definition) is 0. The van der Waals surface area contributed by atoms with Gasteiger partial charge < -0.3 is 14.1 Å². The smallest absolute Gasteiger partial charge is 0.262 e. The molecule has 0 N–H and O–H groups in total. The van der Waals surface area contributed by atoms with Crippen LogP contribution in [0.1, 0.15) is 48.3 Å². The lowest BCUT2D eigenvalue weighted by molar-refractivity contribution is -0.142. The number of nitrogens with zero attached hydrogens (tertiary/aromatic N) is 3. The van der Waals surface area contributed by atoms with Crippen molar-refractivity contribution in [2.75, 3.05) is 26.8 Å². The number of ether oxygens (including phenoxy) is 1. The first kappa shape index (κ1) is 21.8. The van der Waals surface area contributed by atoms with Crippen molar-refractivity contribution < 1.29 is 18.7 Å². The van der Waals surface area contributed by atoms with E-state index >= 15 is 0 Å². The molecule has 2 aromatic rings. The molecule has 0 spiro atoms. The number of hydrogen-bond acceptors (Lipinski definition) is 5. The van der Waals surface area contributed by atoms with Crippen LogP contribution < -0.4 is 0 Å². The number of hydrazone groups is 1. The van der Waals surface area contributed by atoms with Gasteiger partial charge in [-0.2, -0.15) is 5.10 Å². The Kier molecular flexibility index (Phi) is 7.05. The predicted octanol–water partition coefficient (Wildman–Crippen LogP) is 3.46. The monoisotopic (exact) mass is 411 g/mol. The van der Waals surface area contributed by atoms with E-state index in [1.165, 1.54) is 21.0 Å². The normalized spacial score (nSPS) is 15.9. The minimum Gasteiger partial charge on any atom is -0.467 e. The molecule has 0 fully saturated rings. The molecule has 7 heteroatoms. The number of methoxy groups -OCH3 is 1. The second kappa shape index (κ2) is 9.71. The molecule has 1 aromatic carbocycles. The van der Waals surface area contributed by atoms with Gasteiger partial charge in [-0.3, -0.25) is 9.59 Å². The fraction of sp³-hybridized carbons (Fsp3) is 0.435. The standard InChI is InChI=1S/C23H29N3O4/c1-5-22(27)25(10-12-29-4)15-23(28)26-20(21-7-6-11-30-21)14-19(24-26)18-9-8-16(2)17(3)13-18/h6-9,11,13,20H,5,10,12,14-15H2,1-4H3/t20-/m1/s1.